The second kappa shape index (κ2) is 2.69. The molecule has 66 valence electrons. The molecule has 1 aliphatic rings. The molecule has 0 bridgehead atoms. The smallest absolute Gasteiger partial charge is 0.239 e. The lowest BCUT2D eigenvalue weighted by atomic mass is 10.0. The minimum absolute atomic E-state index is 0.226. The maximum Gasteiger partial charge on any atom is 0.239 e. The fraction of sp³-hybridized carbons (Fsp3) is 0.200. The zero-order valence-electron chi connectivity index (χ0n) is 7.20. The first kappa shape index (κ1) is 7.98. The molecule has 1 aromatic carbocycles. The van der Waals surface area contributed by atoms with Crippen molar-refractivity contribution in [3.63, 3.8) is 0 Å². The number of amides is 1. The van der Waals surface area contributed by atoms with Crippen LogP contribution in [0.3, 0.4) is 0 Å². The molecule has 1 aromatic rings. The van der Waals surface area contributed by atoms with E-state index in [4.69, 9.17) is 0 Å². The number of carbonyl (C=O) groups is 2. The number of aryl methyl sites for hydroxylation is 1. The number of benzene rings is 1. The zero-order valence-corrected chi connectivity index (χ0v) is 7.20. The Hall–Kier alpha value is -1.64. The molecule has 0 radical (unpaired) electrons. The Morgan fingerprint density at radius 2 is 2.23 bits per heavy atom. The van der Waals surface area contributed by atoms with Gasteiger partial charge in [0.15, 0.2) is 0 Å². The lowest BCUT2D eigenvalue weighted by Gasteiger charge is -1.99. The van der Waals surface area contributed by atoms with Crippen LogP contribution in [0.15, 0.2) is 18.2 Å². The Balaban J connectivity index is 2.54. The highest BCUT2D eigenvalue weighted by atomic mass is 16.2. The molecule has 3 heteroatoms. The van der Waals surface area contributed by atoms with Gasteiger partial charge in [-0.2, -0.15) is 0 Å². The van der Waals surface area contributed by atoms with Crippen LogP contribution in [0.1, 0.15) is 17.0 Å². The van der Waals surface area contributed by atoms with Crippen molar-refractivity contribution in [2.24, 2.45) is 0 Å². The molecule has 1 amide bonds. The van der Waals surface area contributed by atoms with Gasteiger partial charge in [0.25, 0.3) is 0 Å². The molecule has 1 heterocycles. The predicted octanol–water partition coefficient (Wildman–Crippen LogP) is 1.23. The summed E-state index contributed by atoms with van der Waals surface area (Å²) in [6, 6.07) is 5.59. The van der Waals surface area contributed by atoms with Crippen LogP contribution in [-0.2, 0) is 9.59 Å². The maximum absolute atomic E-state index is 11.2. The second-order valence-corrected chi connectivity index (χ2v) is 3.19. The van der Waals surface area contributed by atoms with Crippen LogP contribution in [0, 0.1) is 6.92 Å². The first-order valence-corrected chi connectivity index (χ1v) is 4.09. The summed E-state index contributed by atoms with van der Waals surface area (Å²) < 4.78 is 0. The van der Waals surface area contributed by atoms with Crippen LogP contribution in [-0.4, -0.2) is 12.2 Å². The summed E-state index contributed by atoms with van der Waals surface area (Å²) in [7, 11) is 0. The molecule has 1 aliphatic heterocycles. The average molecular weight is 175 g/mol. The SMILES string of the molecule is Cc1ccc2c(c1)NC(=O)[C@@H]2C=O. The highest BCUT2D eigenvalue weighted by molar-refractivity contribution is 6.11. The van der Waals surface area contributed by atoms with Crippen molar-refractivity contribution in [3.05, 3.63) is 29.3 Å². The molecule has 0 unspecified atom stereocenters. The van der Waals surface area contributed by atoms with E-state index in [-0.39, 0.29) is 5.91 Å². The number of rotatable bonds is 1. The summed E-state index contributed by atoms with van der Waals surface area (Å²) >= 11 is 0. The predicted molar refractivity (Wildman–Crippen MR) is 48.6 cm³/mol. The Morgan fingerprint density at radius 1 is 1.46 bits per heavy atom. The molecular weight excluding hydrogens is 166 g/mol. The quantitative estimate of drug-likeness (QED) is 0.515. The Labute approximate surface area is 75.8 Å². The summed E-state index contributed by atoms with van der Waals surface area (Å²) in [5.41, 5.74) is 2.62. The van der Waals surface area contributed by atoms with Crippen molar-refractivity contribution in [1.29, 1.82) is 0 Å². The van der Waals surface area contributed by atoms with Gasteiger partial charge in [0.1, 0.15) is 12.2 Å². The summed E-state index contributed by atoms with van der Waals surface area (Å²) in [5, 5.41) is 2.67. The fourth-order valence-electron chi connectivity index (χ4n) is 1.54. The van der Waals surface area contributed by atoms with E-state index in [1.54, 1.807) is 0 Å². The maximum atomic E-state index is 11.2. The number of fused-ring (bicyclic) bond motifs is 1. The monoisotopic (exact) mass is 175 g/mol. The topological polar surface area (TPSA) is 46.2 Å². The number of nitrogens with one attached hydrogen (secondary N) is 1. The molecule has 2 rings (SSSR count). The summed E-state index contributed by atoms with van der Waals surface area (Å²) in [6.45, 7) is 1.95. The first-order valence-electron chi connectivity index (χ1n) is 4.09. The number of hydrogen-bond donors (Lipinski definition) is 1. The van der Waals surface area contributed by atoms with Gasteiger partial charge < -0.3 is 10.1 Å². The van der Waals surface area contributed by atoms with Gasteiger partial charge in [-0.25, -0.2) is 0 Å². The number of carbonyl (C=O) groups excluding carboxylic acids is 2. The van der Waals surface area contributed by atoms with Crippen molar-refractivity contribution >= 4 is 17.9 Å². The van der Waals surface area contributed by atoms with Gasteiger partial charge in [-0.1, -0.05) is 12.1 Å². The van der Waals surface area contributed by atoms with Crippen molar-refractivity contribution in [1.82, 2.24) is 0 Å². The molecule has 0 saturated heterocycles. The summed E-state index contributed by atoms with van der Waals surface area (Å²) in [6.07, 6.45) is 0.677. The normalized spacial score (nSPS) is 19.5. The van der Waals surface area contributed by atoms with E-state index < -0.39 is 5.92 Å². The highest BCUT2D eigenvalue weighted by Gasteiger charge is 2.29. The molecule has 0 saturated carbocycles. The molecule has 0 fully saturated rings. The summed E-state index contributed by atoms with van der Waals surface area (Å²) in [4.78, 5) is 21.8. The third-order valence-electron chi connectivity index (χ3n) is 2.22. The standard InChI is InChI=1S/C10H9NO2/c1-6-2-3-7-8(5-12)10(13)11-9(7)4-6/h2-5,8H,1H3,(H,11,13)/t8-/m1/s1. The molecule has 13 heavy (non-hydrogen) atoms. The van der Waals surface area contributed by atoms with E-state index >= 15 is 0 Å². The van der Waals surface area contributed by atoms with Crippen LogP contribution >= 0.6 is 0 Å². The Kier molecular flexibility index (Phi) is 1.65. The van der Waals surface area contributed by atoms with Crippen molar-refractivity contribution in [2.45, 2.75) is 12.8 Å². The van der Waals surface area contributed by atoms with Crippen molar-refractivity contribution in [3.8, 4) is 0 Å². The minimum Gasteiger partial charge on any atom is -0.325 e. The first-order chi connectivity index (χ1) is 6.22. The third-order valence-corrected chi connectivity index (χ3v) is 2.22. The molecule has 0 aromatic heterocycles. The zero-order chi connectivity index (χ0) is 9.42. The van der Waals surface area contributed by atoms with Crippen LogP contribution in [0.25, 0.3) is 0 Å². The van der Waals surface area contributed by atoms with E-state index in [9.17, 15) is 9.59 Å². The summed E-state index contributed by atoms with van der Waals surface area (Å²) in [5.74, 6) is -0.841. The van der Waals surface area contributed by atoms with E-state index in [1.165, 1.54) is 0 Å². The van der Waals surface area contributed by atoms with Gasteiger partial charge in [0.2, 0.25) is 5.91 Å². The number of hydrogen-bond acceptors (Lipinski definition) is 2. The highest BCUT2D eigenvalue weighted by Crippen LogP contribution is 2.31. The van der Waals surface area contributed by atoms with Gasteiger partial charge in [-0.05, 0) is 24.1 Å². The molecule has 0 spiro atoms. The van der Waals surface area contributed by atoms with Gasteiger partial charge in [0.05, 0.1) is 0 Å². The molecule has 1 N–H and O–H groups in total. The number of anilines is 1. The minimum atomic E-state index is -0.615. The van der Waals surface area contributed by atoms with E-state index in [2.05, 4.69) is 5.32 Å². The van der Waals surface area contributed by atoms with Crippen LogP contribution in [0.5, 0.6) is 0 Å². The lowest BCUT2D eigenvalue weighted by molar-refractivity contribution is -0.121. The lowest BCUT2D eigenvalue weighted by Crippen LogP contribution is -2.12. The van der Waals surface area contributed by atoms with Crippen molar-refractivity contribution in [2.75, 3.05) is 5.32 Å². The Bertz CT molecular complexity index is 385. The van der Waals surface area contributed by atoms with Gasteiger partial charge in [-0.3, -0.25) is 4.79 Å². The molecular formula is C10H9NO2. The van der Waals surface area contributed by atoms with E-state index in [1.807, 2.05) is 25.1 Å². The van der Waals surface area contributed by atoms with Crippen LogP contribution < -0.4 is 5.32 Å². The second-order valence-electron chi connectivity index (χ2n) is 3.19. The largest absolute Gasteiger partial charge is 0.325 e. The fourth-order valence-corrected chi connectivity index (χ4v) is 1.54. The van der Waals surface area contributed by atoms with Crippen LogP contribution in [0.4, 0.5) is 5.69 Å². The molecule has 0 aliphatic carbocycles. The average Bonchev–Trinajstić information content (AvgIpc) is 2.39. The van der Waals surface area contributed by atoms with Gasteiger partial charge >= 0.3 is 0 Å². The van der Waals surface area contributed by atoms with E-state index in [0.29, 0.717) is 6.29 Å². The van der Waals surface area contributed by atoms with Crippen molar-refractivity contribution < 1.29 is 9.59 Å². The van der Waals surface area contributed by atoms with Crippen LogP contribution in [0.2, 0.25) is 0 Å². The van der Waals surface area contributed by atoms with Gasteiger partial charge in [-0.15, -0.1) is 0 Å². The third kappa shape index (κ3) is 1.13. The van der Waals surface area contributed by atoms with Gasteiger partial charge in [0, 0.05) is 5.69 Å². The Morgan fingerprint density at radius 3 is 2.92 bits per heavy atom. The number of aldehydes is 1. The molecule has 3 nitrogen and oxygen atoms in total. The van der Waals surface area contributed by atoms with E-state index in [0.717, 1.165) is 16.8 Å². The molecule has 1 atom stereocenters.